The van der Waals surface area contributed by atoms with Gasteiger partial charge in [0.2, 0.25) is 15.9 Å². The van der Waals surface area contributed by atoms with Crippen molar-refractivity contribution in [1.82, 2.24) is 4.72 Å². The molecule has 3 rings (SSSR count). The molecule has 0 heterocycles. The van der Waals surface area contributed by atoms with Crippen LogP contribution in [0, 0.1) is 0 Å². The number of hydrogen-bond acceptors (Lipinski definition) is 3. The Labute approximate surface area is 165 Å². The van der Waals surface area contributed by atoms with E-state index in [2.05, 4.69) is 10.0 Å². The van der Waals surface area contributed by atoms with Crippen molar-refractivity contribution in [1.29, 1.82) is 0 Å². The number of sulfonamides is 1. The molecule has 1 amide bonds. The third-order valence-electron chi connectivity index (χ3n) is 4.48. The molecule has 0 spiro atoms. The van der Waals surface area contributed by atoms with Crippen LogP contribution in [-0.4, -0.2) is 20.9 Å². The minimum Gasteiger partial charge on any atom is -0.326 e. The molecular weight excluding hydrogens is 372 g/mol. The lowest BCUT2D eigenvalue weighted by atomic mass is 10.0. The molecule has 5 nitrogen and oxygen atoms in total. The number of carbonyl (C=O) groups is 1. The highest BCUT2D eigenvalue weighted by Gasteiger charge is 2.14. The van der Waals surface area contributed by atoms with E-state index >= 15 is 0 Å². The molecule has 0 aliphatic carbocycles. The fourth-order valence-electron chi connectivity index (χ4n) is 3.03. The number of rotatable bonds is 8. The summed E-state index contributed by atoms with van der Waals surface area (Å²) in [5, 5.41) is 4.92. The summed E-state index contributed by atoms with van der Waals surface area (Å²) in [4.78, 5) is 12.7. The predicted octanol–water partition coefficient (Wildman–Crippen LogP) is 4.10. The Morgan fingerprint density at radius 3 is 2.54 bits per heavy atom. The van der Waals surface area contributed by atoms with Crippen LogP contribution in [0.3, 0.4) is 0 Å². The van der Waals surface area contributed by atoms with Crippen LogP contribution in [0.4, 0.5) is 5.69 Å². The van der Waals surface area contributed by atoms with E-state index in [0.717, 1.165) is 29.2 Å². The quantitative estimate of drug-likeness (QED) is 0.563. The van der Waals surface area contributed by atoms with Crippen LogP contribution in [-0.2, 0) is 21.2 Å². The van der Waals surface area contributed by atoms with E-state index in [-0.39, 0.29) is 17.2 Å². The van der Waals surface area contributed by atoms with Gasteiger partial charge in [-0.05, 0) is 41.0 Å². The van der Waals surface area contributed by atoms with Gasteiger partial charge >= 0.3 is 0 Å². The van der Waals surface area contributed by atoms with Gasteiger partial charge in [0.05, 0.1) is 11.3 Å². The van der Waals surface area contributed by atoms with Crippen molar-refractivity contribution in [3.05, 3.63) is 72.3 Å². The van der Waals surface area contributed by atoms with E-state index < -0.39 is 10.0 Å². The van der Waals surface area contributed by atoms with E-state index in [4.69, 9.17) is 0 Å². The average molecular weight is 397 g/mol. The minimum absolute atomic E-state index is 0.145. The van der Waals surface area contributed by atoms with Crippen LogP contribution in [0.15, 0.2) is 71.6 Å². The van der Waals surface area contributed by atoms with Crippen molar-refractivity contribution in [2.45, 2.75) is 31.1 Å². The van der Waals surface area contributed by atoms with Crippen LogP contribution >= 0.6 is 0 Å². The second kappa shape index (κ2) is 8.99. The highest BCUT2D eigenvalue weighted by atomic mass is 32.2. The van der Waals surface area contributed by atoms with Gasteiger partial charge in [-0.1, -0.05) is 61.9 Å². The summed E-state index contributed by atoms with van der Waals surface area (Å²) >= 11 is 0. The molecule has 0 fully saturated rings. The van der Waals surface area contributed by atoms with Crippen LogP contribution < -0.4 is 10.0 Å². The van der Waals surface area contributed by atoms with Gasteiger partial charge in [0, 0.05) is 12.2 Å². The fraction of sp³-hybridized carbons (Fsp3) is 0.227. The molecule has 0 aromatic heterocycles. The summed E-state index contributed by atoms with van der Waals surface area (Å²) in [5.74, 6) is -0.190. The number of fused-ring (bicyclic) bond motifs is 1. The molecule has 0 unspecified atom stereocenters. The largest absolute Gasteiger partial charge is 0.326 e. The fourth-order valence-corrected chi connectivity index (χ4v) is 4.15. The summed E-state index contributed by atoms with van der Waals surface area (Å²) in [7, 11) is -3.58. The molecule has 0 aliphatic heterocycles. The molecule has 2 N–H and O–H groups in total. The normalized spacial score (nSPS) is 11.5. The molecule has 28 heavy (non-hydrogen) atoms. The zero-order chi connectivity index (χ0) is 20.0. The topological polar surface area (TPSA) is 75.3 Å². The number of unbranched alkanes of at least 4 members (excludes halogenated alkanes) is 1. The van der Waals surface area contributed by atoms with Gasteiger partial charge in [-0.15, -0.1) is 0 Å². The summed E-state index contributed by atoms with van der Waals surface area (Å²) < 4.78 is 27.3. The molecule has 0 bridgehead atoms. The van der Waals surface area contributed by atoms with E-state index in [0.29, 0.717) is 12.2 Å². The first-order valence-corrected chi connectivity index (χ1v) is 10.8. The number of hydrogen-bond donors (Lipinski definition) is 2. The monoisotopic (exact) mass is 396 g/mol. The number of amides is 1. The predicted molar refractivity (Wildman–Crippen MR) is 113 cm³/mol. The van der Waals surface area contributed by atoms with E-state index in [1.807, 2.05) is 49.4 Å². The lowest BCUT2D eigenvalue weighted by molar-refractivity contribution is -0.115. The Bertz CT molecular complexity index is 1070. The van der Waals surface area contributed by atoms with Crippen molar-refractivity contribution >= 4 is 32.4 Å². The van der Waals surface area contributed by atoms with Gasteiger partial charge in [0.15, 0.2) is 0 Å². The van der Waals surface area contributed by atoms with Crippen molar-refractivity contribution in [3.63, 3.8) is 0 Å². The zero-order valence-electron chi connectivity index (χ0n) is 15.8. The zero-order valence-corrected chi connectivity index (χ0v) is 16.6. The first-order chi connectivity index (χ1) is 13.5. The van der Waals surface area contributed by atoms with Crippen LogP contribution in [0.1, 0.15) is 25.3 Å². The van der Waals surface area contributed by atoms with Gasteiger partial charge in [-0.3, -0.25) is 4.79 Å². The molecule has 146 valence electrons. The second-order valence-corrected chi connectivity index (χ2v) is 8.41. The highest BCUT2D eigenvalue weighted by Crippen LogP contribution is 2.20. The van der Waals surface area contributed by atoms with E-state index in [9.17, 15) is 13.2 Å². The van der Waals surface area contributed by atoms with Gasteiger partial charge < -0.3 is 5.32 Å². The smallest absolute Gasteiger partial charge is 0.240 e. The lowest BCUT2D eigenvalue weighted by Gasteiger charge is -2.10. The Balaban J connectivity index is 1.72. The van der Waals surface area contributed by atoms with Crippen LogP contribution in [0.25, 0.3) is 10.8 Å². The number of carbonyl (C=O) groups excluding carboxylic acids is 1. The Hall–Kier alpha value is -2.70. The third-order valence-corrected chi connectivity index (χ3v) is 5.94. The Morgan fingerprint density at radius 1 is 0.964 bits per heavy atom. The van der Waals surface area contributed by atoms with Gasteiger partial charge in [-0.25, -0.2) is 13.1 Å². The van der Waals surface area contributed by atoms with Gasteiger partial charge in [0.25, 0.3) is 0 Å². The Kier molecular flexibility index (Phi) is 6.44. The summed E-state index contributed by atoms with van der Waals surface area (Å²) in [6.45, 7) is 2.40. The van der Waals surface area contributed by atoms with Crippen molar-refractivity contribution in [2.75, 3.05) is 11.9 Å². The molecule has 0 atom stereocenters. The second-order valence-electron chi connectivity index (χ2n) is 6.64. The SMILES string of the molecule is CCCCNS(=O)(=O)c1cccc(NC(=O)Cc2cccc3ccccc23)c1. The summed E-state index contributed by atoms with van der Waals surface area (Å²) in [5.41, 5.74) is 1.39. The highest BCUT2D eigenvalue weighted by molar-refractivity contribution is 7.89. The summed E-state index contributed by atoms with van der Waals surface area (Å²) in [6, 6.07) is 20.1. The van der Waals surface area contributed by atoms with E-state index in [1.54, 1.807) is 12.1 Å². The maximum atomic E-state index is 12.5. The van der Waals surface area contributed by atoms with Gasteiger partial charge in [0.1, 0.15) is 0 Å². The maximum absolute atomic E-state index is 12.5. The number of nitrogens with one attached hydrogen (secondary N) is 2. The standard InChI is InChI=1S/C22H24N2O3S/c1-2-3-14-23-28(26,27)20-12-7-11-19(16-20)24-22(25)15-18-10-6-9-17-8-4-5-13-21(17)18/h4-13,16,23H,2-3,14-15H2,1H3,(H,24,25). The first kappa shape index (κ1) is 20.0. The Morgan fingerprint density at radius 2 is 1.71 bits per heavy atom. The molecule has 0 saturated heterocycles. The van der Waals surface area contributed by atoms with Crippen LogP contribution in [0.5, 0.6) is 0 Å². The molecule has 0 radical (unpaired) electrons. The molecule has 3 aromatic carbocycles. The van der Waals surface area contributed by atoms with Crippen molar-refractivity contribution in [3.8, 4) is 0 Å². The van der Waals surface area contributed by atoms with Crippen LogP contribution in [0.2, 0.25) is 0 Å². The number of anilines is 1. The molecule has 0 aliphatic rings. The third kappa shape index (κ3) is 4.97. The van der Waals surface area contributed by atoms with Crippen molar-refractivity contribution in [2.24, 2.45) is 0 Å². The first-order valence-electron chi connectivity index (χ1n) is 9.36. The van der Waals surface area contributed by atoms with Crippen molar-refractivity contribution < 1.29 is 13.2 Å². The molecule has 0 saturated carbocycles. The lowest BCUT2D eigenvalue weighted by Crippen LogP contribution is -2.25. The molecule has 3 aromatic rings. The summed E-state index contributed by atoms with van der Waals surface area (Å²) in [6.07, 6.45) is 1.90. The van der Waals surface area contributed by atoms with E-state index in [1.165, 1.54) is 12.1 Å². The average Bonchev–Trinajstić information content (AvgIpc) is 2.68. The number of benzene rings is 3. The molecule has 6 heteroatoms. The van der Waals surface area contributed by atoms with Gasteiger partial charge in [-0.2, -0.15) is 0 Å². The minimum atomic E-state index is -3.58. The maximum Gasteiger partial charge on any atom is 0.240 e. The molecular formula is C22H24N2O3S.